The zero-order chi connectivity index (χ0) is 12.3. The van der Waals surface area contributed by atoms with Crippen molar-refractivity contribution >= 4 is 22.8 Å². The molecule has 0 heterocycles. The fourth-order valence-corrected chi connectivity index (χ4v) is 2.57. The van der Waals surface area contributed by atoms with Gasteiger partial charge in [-0.15, -0.1) is 0 Å². The maximum atomic E-state index is 12.1. The number of carbonyl (C=O) groups excluding carboxylic acids is 2. The van der Waals surface area contributed by atoms with E-state index in [1.54, 1.807) is 6.92 Å². The quantitative estimate of drug-likeness (QED) is 0.468. The van der Waals surface area contributed by atoms with Crippen LogP contribution in [0.25, 0.3) is 0 Å². The summed E-state index contributed by atoms with van der Waals surface area (Å²) in [5.41, 5.74) is -0.865. The largest absolute Gasteiger partial charge is 0.465 e. The summed E-state index contributed by atoms with van der Waals surface area (Å²) in [6, 6.07) is 9.37. The lowest BCUT2D eigenvalue weighted by Crippen LogP contribution is -2.25. The van der Waals surface area contributed by atoms with Crippen molar-refractivity contribution in [2.45, 2.75) is 24.7 Å². The molecule has 0 spiro atoms. The van der Waals surface area contributed by atoms with Crippen molar-refractivity contribution in [1.29, 1.82) is 0 Å². The van der Waals surface area contributed by atoms with Crippen LogP contribution in [-0.2, 0) is 14.3 Å². The molecule has 2 rings (SSSR count). The van der Waals surface area contributed by atoms with Crippen molar-refractivity contribution in [1.82, 2.24) is 0 Å². The molecule has 90 valence electrons. The third-order valence-electron chi connectivity index (χ3n) is 2.76. The molecule has 0 bridgehead atoms. The minimum atomic E-state index is -0.865. The van der Waals surface area contributed by atoms with Crippen LogP contribution in [0.3, 0.4) is 0 Å². The van der Waals surface area contributed by atoms with Crippen LogP contribution in [0, 0.1) is 5.41 Å². The Hall–Kier alpha value is -1.29. The summed E-state index contributed by atoms with van der Waals surface area (Å²) in [6.45, 7) is 2.08. The zero-order valence-corrected chi connectivity index (χ0v) is 10.5. The topological polar surface area (TPSA) is 43.4 Å². The Morgan fingerprint density at radius 1 is 1.29 bits per heavy atom. The van der Waals surface area contributed by atoms with E-state index in [9.17, 15) is 9.59 Å². The van der Waals surface area contributed by atoms with E-state index in [4.69, 9.17) is 4.74 Å². The maximum absolute atomic E-state index is 12.1. The van der Waals surface area contributed by atoms with Crippen molar-refractivity contribution in [2.24, 2.45) is 5.41 Å². The minimum Gasteiger partial charge on any atom is -0.465 e. The Labute approximate surface area is 105 Å². The van der Waals surface area contributed by atoms with Gasteiger partial charge in [-0.05, 0) is 31.9 Å². The predicted molar refractivity (Wildman–Crippen MR) is 65.6 cm³/mol. The van der Waals surface area contributed by atoms with Crippen LogP contribution in [-0.4, -0.2) is 17.7 Å². The average Bonchev–Trinajstić information content (AvgIpc) is 3.12. The molecule has 0 aromatic heterocycles. The van der Waals surface area contributed by atoms with Gasteiger partial charge in [0.1, 0.15) is 5.41 Å². The average molecular weight is 250 g/mol. The lowest BCUT2D eigenvalue weighted by atomic mass is 10.1. The number of hydrogen-bond acceptors (Lipinski definition) is 4. The minimum absolute atomic E-state index is 0.0952. The molecule has 1 aliphatic carbocycles. The van der Waals surface area contributed by atoms with Gasteiger partial charge in [-0.2, -0.15) is 0 Å². The van der Waals surface area contributed by atoms with E-state index in [1.807, 2.05) is 30.3 Å². The molecular formula is C13H14O3S. The molecule has 1 aromatic rings. The molecule has 0 unspecified atom stereocenters. The molecule has 0 radical (unpaired) electrons. The predicted octanol–water partition coefficient (Wildman–Crippen LogP) is 2.65. The van der Waals surface area contributed by atoms with Gasteiger partial charge in [0.2, 0.25) is 5.12 Å². The van der Waals surface area contributed by atoms with Crippen LogP contribution in [0.15, 0.2) is 35.2 Å². The van der Waals surface area contributed by atoms with E-state index in [0.717, 1.165) is 16.7 Å². The summed E-state index contributed by atoms with van der Waals surface area (Å²) < 4.78 is 4.95. The normalized spacial score (nSPS) is 16.3. The smallest absolute Gasteiger partial charge is 0.320 e. The first kappa shape index (κ1) is 12.2. The van der Waals surface area contributed by atoms with Gasteiger partial charge in [0.15, 0.2) is 0 Å². The lowest BCUT2D eigenvalue weighted by molar-refractivity contribution is -0.151. The van der Waals surface area contributed by atoms with Gasteiger partial charge in [0.25, 0.3) is 0 Å². The first-order chi connectivity index (χ1) is 8.19. The molecule has 1 aliphatic rings. The van der Waals surface area contributed by atoms with Crippen molar-refractivity contribution in [3.05, 3.63) is 30.3 Å². The number of thioether (sulfide) groups is 1. The third-order valence-corrected chi connectivity index (χ3v) is 3.84. The Morgan fingerprint density at radius 2 is 1.94 bits per heavy atom. The van der Waals surface area contributed by atoms with Gasteiger partial charge in [-0.3, -0.25) is 9.59 Å². The SMILES string of the molecule is CCOC(=O)C1(C(=O)Sc2ccccc2)CC1. The fraction of sp³-hybridized carbons (Fsp3) is 0.385. The van der Waals surface area contributed by atoms with E-state index >= 15 is 0 Å². The van der Waals surface area contributed by atoms with E-state index in [2.05, 4.69) is 0 Å². The number of hydrogen-bond donors (Lipinski definition) is 0. The Kier molecular flexibility index (Phi) is 3.52. The van der Waals surface area contributed by atoms with Crippen LogP contribution >= 0.6 is 11.8 Å². The van der Waals surface area contributed by atoms with Gasteiger partial charge in [-0.25, -0.2) is 0 Å². The first-order valence-electron chi connectivity index (χ1n) is 5.63. The zero-order valence-electron chi connectivity index (χ0n) is 9.64. The van der Waals surface area contributed by atoms with E-state index in [0.29, 0.717) is 19.4 Å². The Bertz CT molecular complexity index is 424. The molecule has 0 N–H and O–H groups in total. The molecular weight excluding hydrogens is 236 g/mol. The third kappa shape index (κ3) is 2.52. The van der Waals surface area contributed by atoms with Gasteiger partial charge in [0, 0.05) is 4.90 Å². The second-order valence-electron chi connectivity index (χ2n) is 4.01. The van der Waals surface area contributed by atoms with E-state index < -0.39 is 5.41 Å². The number of carbonyl (C=O) groups is 2. The molecule has 17 heavy (non-hydrogen) atoms. The molecule has 1 aromatic carbocycles. The first-order valence-corrected chi connectivity index (χ1v) is 6.45. The highest BCUT2D eigenvalue weighted by Crippen LogP contribution is 2.51. The number of rotatable bonds is 4. The number of ether oxygens (including phenoxy) is 1. The molecule has 0 saturated heterocycles. The molecule has 0 amide bonds. The monoisotopic (exact) mass is 250 g/mol. The Balaban J connectivity index is 2.03. The van der Waals surface area contributed by atoms with E-state index in [-0.39, 0.29) is 11.1 Å². The van der Waals surface area contributed by atoms with Crippen molar-refractivity contribution < 1.29 is 14.3 Å². The number of esters is 1. The Morgan fingerprint density at radius 3 is 2.47 bits per heavy atom. The highest BCUT2D eigenvalue weighted by Gasteiger charge is 2.57. The van der Waals surface area contributed by atoms with E-state index in [1.165, 1.54) is 0 Å². The van der Waals surface area contributed by atoms with Crippen LogP contribution in [0.2, 0.25) is 0 Å². The summed E-state index contributed by atoms with van der Waals surface area (Å²) in [7, 11) is 0. The standard InChI is InChI=1S/C13H14O3S/c1-2-16-11(14)13(8-9-13)12(15)17-10-6-4-3-5-7-10/h3-7H,2,8-9H2,1H3. The van der Waals surface area contributed by atoms with Gasteiger partial charge < -0.3 is 4.74 Å². The van der Waals surface area contributed by atoms with Crippen LogP contribution in [0.1, 0.15) is 19.8 Å². The maximum Gasteiger partial charge on any atom is 0.320 e. The number of benzene rings is 1. The summed E-state index contributed by atoms with van der Waals surface area (Å²) in [6.07, 6.45) is 1.23. The van der Waals surface area contributed by atoms with Crippen LogP contribution < -0.4 is 0 Å². The highest BCUT2D eigenvalue weighted by molar-refractivity contribution is 8.13. The molecule has 1 saturated carbocycles. The van der Waals surface area contributed by atoms with Gasteiger partial charge in [0.05, 0.1) is 6.61 Å². The molecule has 0 atom stereocenters. The van der Waals surface area contributed by atoms with Gasteiger partial charge in [-0.1, -0.05) is 30.0 Å². The van der Waals surface area contributed by atoms with Crippen molar-refractivity contribution in [3.8, 4) is 0 Å². The summed E-state index contributed by atoms with van der Waals surface area (Å²) in [5.74, 6) is -0.367. The molecule has 3 nitrogen and oxygen atoms in total. The summed E-state index contributed by atoms with van der Waals surface area (Å²) >= 11 is 1.13. The van der Waals surface area contributed by atoms with Crippen molar-refractivity contribution in [3.63, 3.8) is 0 Å². The highest BCUT2D eigenvalue weighted by atomic mass is 32.2. The van der Waals surface area contributed by atoms with Crippen molar-refractivity contribution in [2.75, 3.05) is 6.61 Å². The molecule has 0 aliphatic heterocycles. The van der Waals surface area contributed by atoms with Crippen LogP contribution in [0.4, 0.5) is 0 Å². The molecule has 4 heteroatoms. The molecule has 1 fully saturated rings. The second-order valence-corrected chi connectivity index (χ2v) is 5.05. The second kappa shape index (κ2) is 4.92. The summed E-state index contributed by atoms with van der Waals surface area (Å²) in [4.78, 5) is 24.6. The van der Waals surface area contributed by atoms with Crippen LogP contribution in [0.5, 0.6) is 0 Å². The lowest BCUT2D eigenvalue weighted by Gasteiger charge is -2.11. The van der Waals surface area contributed by atoms with Gasteiger partial charge >= 0.3 is 5.97 Å². The summed E-state index contributed by atoms with van der Waals surface area (Å²) in [5, 5.41) is -0.0952. The fourth-order valence-electron chi connectivity index (χ4n) is 1.58.